The van der Waals surface area contributed by atoms with E-state index < -0.39 is 17.8 Å². The van der Waals surface area contributed by atoms with Crippen LogP contribution in [-0.4, -0.2) is 30.6 Å². The van der Waals surface area contributed by atoms with Crippen molar-refractivity contribution < 1.29 is 19.2 Å². The molecule has 8 nitrogen and oxygen atoms in total. The summed E-state index contributed by atoms with van der Waals surface area (Å²) >= 11 is 0. The van der Waals surface area contributed by atoms with Crippen molar-refractivity contribution in [1.29, 1.82) is 0 Å². The third kappa shape index (κ3) is 2.64. The average Bonchev–Trinajstić information content (AvgIpc) is 2.65. The van der Waals surface area contributed by atoms with Crippen molar-refractivity contribution in [3.8, 4) is 0 Å². The quantitative estimate of drug-likeness (QED) is 0.402. The first-order chi connectivity index (χ1) is 9.11. The van der Waals surface area contributed by atoms with E-state index in [4.69, 9.17) is 0 Å². The molecule has 19 heavy (non-hydrogen) atoms. The van der Waals surface area contributed by atoms with Gasteiger partial charge in [0.15, 0.2) is 0 Å². The summed E-state index contributed by atoms with van der Waals surface area (Å²) in [5.41, 5.74) is 0.811. The summed E-state index contributed by atoms with van der Waals surface area (Å²) in [5, 5.41) is 6.85. The fourth-order valence-corrected chi connectivity index (χ4v) is 1.56. The van der Waals surface area contributed by atoms with Crippen molar-refractivity contribution in [3.63, 3.8) is 0 Å². The molecule has 0 saturated carbocycles. The van der Waals surface area contributed by atoms with E-state index in [0.717, 1.165) is 0 Å². The number of carbonyl (C=O) groups excluding carboxylic acids is 4. The molecular formula is C11H8N4O4. The van der Waals surface area contributed by atoms with Crippen LogP contribution in [0.15, 0.2) is 23.2 Å². The first-order valence-corrected chi connectivity index (χ1v) is 5.20. The number of isocyanates is 1. The lowest BCUT2D eigenvalue weighted by atomic mass is 10.1. The Morgan fingerprint density at radius 2 is 2.00 bits per heavy atom. The molecule has 2 rings (SSSR count). The molecule has 3 N–H and O–H groups in total. The van der Waals surface area contributed by atoms with Crippen LogP contribution in [0.25, 0.3) is 0 Å². The zero-order valence-corrected chi connectivity index (χ0v) is 9.52. The third-order valence-corrected chi connectivity index (χ3v) is 2.38. The molecule has 0 fully saturated rings. The Bertz CT molecular complexity index is 619. The first kappa shape index (κ1) is 12.5. The second-order valence-corrected chi connectivity index (χ2v) is 3.58. The van der Waals surface area contributed by atoms with Gasteiger partial charge < -0.3 is 10.6 Å². The van der Waals surface area contributed by atoms with Crippen molar-refractivity contribution in [2.24, 2.45) is 4.99 Å². The van der Waals surface area contributed by atoms with E-state index in [2.05, 4.69) is 20.9 Å². The van der Waals surface area contributed by atoms with Gasteiger partial charge in [-0.25, -0.2) is 9.59 Å². The molecule has 1 heterocycles. The van der Waals surface area contributed by atoms with E-state index in [0.29, 0.717) is 5.69 Å². The molecule has 0 spiro atoms. The number of imide groups is 1. The molecule has 0 aliphatic carbocycles. The number of rotatable bonds is 3. The Morgan fingerprint density at radius 3 is 2.74 bits per heavy atom. The smallest absolute Gasteiger partial charge is 0.318 e. The normalized spacial score (nSPS) is 12.2. The molecule has 4 amide bonds. The molecule has 1 aromatic rings. The highest BCUT2D eigenvalue weighted by atomic mass is 16.2. The Kier molecular flexibility index (Phi) is 3.35. The minimum absolute atomic E-state index is 0.195. The maximum atomic E-state index is 11.4. The Hall–Kier alpha value is -2.99. The Labute approximate surface area is 106 Å². The summed E-state index contributed by atoms with van der Waals surface area (Å²) in [4.78, 5) is 47.0. The van der Waals surface area contributed by atoms with Crippen LogP contribution in [0.3, 0.4) is 0 Å². The number of carbonyl (C=O) groups is 3. The standard InChI is InChI=1S/C11H8N4O4/c16-5-12-4-13-11(19)14-6-1-2-7-8(3-6)10(18)15-9(7)17/h1-3H,4H2,(H2,13,14,19)(H,15,17,18). The van der Waals surface area contributed by atoms with Crippen LogP contribution in [0, 0.1) is 0 Å². The summed E-state index contributed by atoms with van der Waals surface area (Å²) in [5.74, 6) is -0.967. The number of hydrogen-bond acceptors (Lipinski definition) is 5. The van der Waals surface area contributed by atoms with Crippen molar-refractivity contribution in [1.82, 2.24) is 10.6 Å². The highest BCUT2D eigenvalue weighted by Gasteiger charge is 2.26. The summed E-state index contributed by atoms with van der Waals surface area (Å²) in [6.45, 7) is -0.195. The van der Waals surface area contributed by atoms with E-state index in [-0.39, 0.29) is 17.8 Å². The first-order valence-electron chi connectivity index (χ1n) is 5.20. The number of amides is 4. The van der Waals surface area contributed by atoms with Crippen LogP contribution in [0.1, 0.15) is 20.7 Å². The third-order valence-electron chi connectivity index (χ3n) is 2.38. The van der Waals surface area contributed by atoms with Crippen LogP contribution in [0.2, 0.25) is 0 Å². The number of fused-ring (bicyclic) bond motifs is 1. The second kappa shape index (κ2) is 5.11. The van der Waals surface area contributed by atoms with Gasteiger partial charge in [0.2, 0.25) is 6.08 Å². The van der Waals surface area contributed by atoms with E-state index in [9.17, 15) is 19.2 Å². The largest absolute Gasteiger partial charge is 0.320 e. The summed E-state index contributed by atoms with van der Waals surface area (Å²) in [7, 11) is 0. The number of aliphatic imine (C=N–C) groups is 1. The van der Waals surface area contributed by atoms with Gasteiger partial charge in [-0.1, -0.05) is 0 Å². The number of urea groups is 1. The van der Waals surface area contributed by atoms with Gasteiger partial charge >= 0.3 is 6.03 Å². The van der Waals surface area contributed by atoms with Gasteiger partial charge in [0.1, 0.15) is 6.67 Å². The Balaban J connectivity index is 2.09. The molecule has 0 atom stereocenters. The van der Waals surface area contributed by atoms with E-state index >= 15 is 0 Å². The lowest BCUT2D eigenvalue weighted by Crippen LogP contribution is -2.28. The lowest BCUT2D eigenvalue weighted by Gasteiger charge is -2.06. The van der Waals surface area contributed by atoms with E-state index in [1.807, 2.05) is 0 Å². The SMILES string of the molecule is O=C=NCNC(=O)Nc1ccc2c(c1)C(=O)NC2=O. The summed E-state index contributed by atoms with van der Waals surface area (Å²) in [6.07, 6.45) is 1.27. The number of hydrogen-bond donors (Lipinski definition) is 3. The number of anilines is 1. The van der Waals surface area contributed by atoms with Crippen molar-refractivity contribution in [2.75, 3.05) is 12.0 Å². The van der Waals surface area contributed by atoms with Crippen LogP contribution >= 0.6 is 0 Å². The fraction of sp³-hybridized carbons (Fsp3) is 0.0909. The van der Waals surface area contributed by atoms with Crippen molar-refractivity contribution in [2.45, 2.75) is 0 Å². The molecule has 0 saturated heterocycles. The van der Waals surface area contributed by atoms with Crippen LogP contribution < -0.4 is 16.0 Å². The number of nitrogens with zero attached hydrogens (tertiary/aromatic N) is 1. The Morgan fingerprint density at radius 1 is 1.26 bits per heavy atom. The highest BCUT2D eigenvalue weighted by Crippen LogP contribution is 2.20. The predicted molar refractivity (Wildman–Crippen MR) is 63.4 cm³/mol. The van der Waals surface area contributed by atoms with Crippen molar-refractivity contribution in [3.05, 3.63) is 29.3 Å². The molecule has 0 unspecified atom stereocenters. The van der Waals surface area contributed by atoms with Crippen LogP contribution in [0.4, 0.5) is 10.5 Å². The average molecular weight is 260 g/mol. The molecule has 0 bridgehead atoms. The molecule has 0 radical (unpaired) electrons. The van der Waals surface area contributed by atoms with Gasteiger partial charge in [0, 0.05) is 5.69 Å². The van der Waals surface area contributed by atoms with Gasteiger partial charge in [-0.3, -0.25) is 14.9 Å². The van der Waals surface area contributed by atoms with Crippen LogP contribution in [-0.2, 0) is 4.79 Å². The second-order valence-electron chi connectivity index (χ2n) is 3.58. The molecule has 96 valence electrons. The van der Waals surface area contributed by atoms with Gasteiger partial charge in [-0.15, -0.1) is 0 Å². The van der Waals surface area contributed by atoms with Gasteiger partial charge in [-0.05, 0) is 18.2 Å². The number of nitrogens with one attached hydrogen (secondary N) is 3. The molecule has 1 aliphatic rings. The predicted octanol–water partition coefficient (Wildman–Crippen LogP) is -0.0150. The summed E-state index contributed by atoms with van der Waals surface area (Å²) < 4.78 is 0. The van der Waals surface area contributed by atoms with Crippen molar-refractivity contribution >= 4 is 29.6 Å². The van der Waals surface area contributed by atoms with Gasteiger partial charge in [0.05, 0.1) is 11.1 Å². The van der Waals surface area contributed by atoms with E-state index in [1.54, 1.807) is 0 Å². The maximum absolute atomic E-state index is 11.4. The van der Waals surface area contributed by atoms with Crippen LogP contribution in [0.5, 0.6) is 0 Å². The van der Waals surface area contributed by atoms with E-state index in [1.165, 1.54) is 24.3 Å². The summed E-state index contributed by atoms with van der Waals surface area (Å²) in [6, 6.07) is 3.72. The maximum Gasteiger partial charge on any atom is 0.320 e. The number of benzene rings is 1. The monoisotopic (exact) mass is 260 g/mol. The zero-order valence-electron chi connectivity index (χ0n) is 9.52. The molecular weight excluding hydrogens is 252 g/mol. The molecule has 1 aliphatic heterocycles. The zero-order chi connectivity index (χ0) is 13.8. The minimum Gasteiger partial charge on any atom is -0.318 e. The fourth-order valence-electron chi connectivity index (χ4n) is 1.56. The molecule has 0 aromatic heterocycles. The molecule has 8 heteroatoms. The molecule has 1 aromatic carbocycles. The topological polar surface area (TPSA) is 117 Å². The lowest BCUT2D eigenvalue weighted by molar-refractivity contribution is 0.0879. The van der Waals surface area contributed by atoms with Gasteiger partial charge in [-0.2, -0.15) is 4.99 Å². The highest BCUT2D eigenvalue weighted by molar-refractivity contribution is 6.21. The minimum atomic E-state index is -0.594. The van der Waals surface area contributed by atoms with Gasteiger partial charge in [0.25, 0.3) is 11.8 Å².